The summed E-state index contributed by atoms with van der Waals surface area (Å²) in [5.41, 5.74) is 3.64. The molecule has 1 heterocycles. The highest BCUT2D eigenvalue weighted by Gasteiger charge is 2.13. The van der Waals surface area contributed by atoms with Crippen LogP contribution in [0, 0.1) is 6.92 Å². The Morgan fingerprint density at radius 3 is 2.70 bits per heavy atom. The molecule has 0 bridgehead atoms. The van der Waals surface area contributed by atoms with Gasteiger partial charge in [0.25, 0.3) is 5.91 Å². The van der Waals surface area contributed by atoms with Crippen molar-refractivity contribution >= 4 is 34.4 Å². The van der Waals surface area contributed by atoms with Gasteiger partial charge in [-0.2, -0.15) is 0 Å². The highest BCUT2D eigenvalue weighted by atomic mass is 35.5. The molecule has 0 fully saturated rings. The van der Waals surface area contributed by atoms with Gasteiger partial charge in [0.05, 0.1) is 12.7 Å². The van der Waals surface area contributed by atoms with E-state index in [0.717, 1.165) is 27.7 Å². The van der Waals surface area contributed by atoms with Crippen LogP contribution in [0.5, 0.6) is 0 Å². The molecule has 27 heavy (non-hydrogen) atoms. The van der Waals surface area contributed by atoms with Gasteiger partial charge in [0.15, 0.2) is 6.61 Å². The molecular weight excluding hydrogens is 366 g/mol. The van der Waals surface area contributed by atoms with Crippen LogP contribution >= 0.6 is 11.6 Å². The minimum atomic E-state index is -0.467. The molecule has 3 aromatic rings. The lowest BCUT2D eigenvalue weighted by molar-refractivity contribution is -0.147. The molecule has 0 radical (unpaired) electrons. The summed E-state index contributed by atoms with van der Waals surface area (Å²) in [4.78, 5) is 23.8. The summed E-state index contributed by atoms with van der Waals surface area (Å²) in [7, 11) is 0. The number of hydrogen-bond donors (Lipinski definition) is 1. The predicted octanol–water partition coefficient (Wildman–Crippen LogP) is 3.84. The third kappa shape index (κ3) is 5.34. The van der Waals surface area contributed by atoms with Crippen molar-refractivity contribution in [3.8, 4) is 0 Å². The number of esters is 1. The molecule has 2 aromatic carbocycles. The van der Waals surface area contributed by atoms with Crippen molar-refractivity contribution in [1.29, 1.82) is 0 Å². The Balaban J connectivity index is 1.41. The van der Waals surface area contributed by atoms with Gasteiger partial charge in [-0.25, -0.2) is 0 Å². The maximum atomic E-state index is 12.0. The van der Waals surface area contributed by atoms with Gasteiger partial charge >= 0.3 is 5.97 Å². The zero-order valence-corrected chi connectivity index (χ0v) is 15.7. The number of benzene rings is 2. The lowest BCUT2D eigenvalue weighted by atomic mass is 10.1. The molecule has 0 aliphatic carbocycles. The van der Waals surface area contributed by atoms with Gasteiger partial charge < -0.3 is 14.5 Å². The molecule has 0 spiro atoms. The Kier molecular flexibility index (Phi) is 6.14. The molecule has 3 rings (SSSR count). The average Bonchev–Trinajstić information content (AvgIpc) is 3.03. The molecule has 0 aliphatic heterocycles. The summed E-state index contributed by atoms with van der Waals surface area (Å²) in [5.74, 6) is -0.795. The number of furan rings is 1. The second-order valence-corrected chi connectivity index (χ2v) is 6.76. The first-order valence-electron chi connectivity index (χ1n) is 8.65. The Hall–Kier alpha value is -2.79. The van der Waals surface area contributed by atoms with Crippen LogP contribution in [0.3, 0.4) is 0 Å². The molecule has 1 N–H and O–H groups in total. The van der Waals surface area contributed by atoms with Gasteiger partial charge in [0.1, 0.15) is 5.58 Å². The summed E-state index contributed by atoms with van der Waals surface area (Å²) in [6, 6.07) is 13.2. The highest BCUT2D eigenvalue weighted by molar-refractivity contribution is 6.30. The van der Waals surface area contributed by atoms with Gasteiger partial charge in [-0.15, -0.1) is 0 Å². The number of nitrogens with one attached hydrogen (secondary N) is 1. The molecule has 0 unspecified atom stereocenters. The number of rotatable bonds is 7. The molecule has 5 nitrogen and oxygen atoms in total. The van der Waals surface area contributed by atoms with Crippen molar-refractivity contribution in [3.05, 3.63) is 70.4 Å². The molecule has 0 saturated heterocycles. The van der Waals surface area contributed by atoms with Crippen LogP contribution in [0.25, 0.3) is 11.0 Å². The van der Waals surface area contributed by atoms with E-state index in [1.165, 1.54) is 0 Å². The van der Waals surface area contributed by atoms with E-state index in [2.05, 4.69) is 5.32 Å². The Bertz CT molecular complexity index is 946. The van der Waals surface area contributed by atoms with Crippen LogP contribution in [0.2, 0.25) is 5.02 Å². The monoisotopic (exact) mass is 385 g/mol. The number of halogens is 1. The molecular formula is C21H20ClNO4. The summed E-state index contributed by atoms with van der Waals surface area (Å²) in [6.07, 6.45) is 2.29. The zero-order chi connectivity index (χ0) is 19.2. The van der Waals surface area contributed by atoms with Crippen molar-refractivity contribution in [2.75, 3.05) is 13.2 Å². The van der Waals surface area contributed by atoms with Crippen molar-refractivity contribution in [2.45, 2.75) is 19.8 Å². The summed E-state index contributed by atoms with van der Waals surface area (Å²) < 4.78 is 10.5. The van der Waals surface area contributed by atoms with Gasteiger partial charge in [-0.05, 0) is 42.7 Å². The number of ether oxygens (including phenoxy) is 1. The lowest BCUT2D eigenvalue weighted by Gasteiger charge is -2.07. The summed E-state index contributed by atoms with van der Waals surface area (Å²) in [6.45, 7) is 2.14. The minimum absolute atomic E-state index is 0.0636. The summed E-state index contributed by atoms with van der Waals surface area (Å²) >= 11 is 5.83. The van der Waals surface area contributed by atoms with Crippen LogP contribution < -0.4 is 5.32 Å². The third-order valence-corrected chi connectivity index (χ3v) is 4.41. The molecule has 0 saturated carbocycles. The van der Waals surface area contributed by atoms with Crippen LogP contribution in [0.1, 0.15) is 16.7 Å². The number of amides is 1. The normalized spacial score (nSPS) is 10.7. The molecule has 0 aliphatic rings. The average molecular weight is 386 g/mol. The first-order chi connectivity index (χ1) is 13.0. The van der Waals surface area contributed by atoms with E-state index in [4.69, 9.17) is 20.8 Å². The molecule has 1 amide bonds. The van der Waals surface area contributed by atoms with Crippen molar-refractivity contribution < 1.29 is 18.7 Å². The van der Waals surface area contributed by atoms with Crippen LogP contribution in [-0.2, 0) is 27.2 Å². The van der Waals surface area contributed by atoms with E-state index in [1.807, 2.05) is 37.3 Å². The van der Waals surface area contributed by atoms with Gasteiger partial charge in [0, 0.05) is 22.5 Å². The van der Waals surface area contributed by atoms with E-state index in [0.29, 0.717) is 18.0 Å². The van der Waals surface area contributed by atoms with Crippen molar-refractivity contribution in [3.63, 3.8) is 0 Å². The lowest BCUT2D eigenvalue weighted by Crippen LogP contribution is -2.30. The van der Waals surface area contributed by atoms with E-state index < -0.39 is 5.97 Å². The second kappa shape index (κ2) is 8.73. The zero-order valence-electron chi connectivity index (χ0n) is 15.0. The third-order valence-electron chi connectivity index (χ3n) is 4.16. The Labute approximate surface area is 162 Å². The quantitative estimate of drug-likeness (QED) is 0.627. The SMILES string of the molecule is Cc1ccc2c(CC(=O)OCC(=O)NCCc3ccc(Cl)cc3)coc2c1. The molecule has 0 atom stereocenters. The van der Waals surface area contributed by atoms with Crippen molar-refractivity contribution in [2.24, 2.45) is 0 Å². The van der Waals surface area contributed by atoms with Gasteiger partial charge in [0.2, 0.25) is 0 Å². The molecule has 140 valence electrons. The first kappa shape index (κ1) is 19.0. The largest absolute Gasteiger partial charge is 0.464 e. The fourth-order valence-corrected chi connectivity index (χ4v) is 2.85. The second-order valence-electron chi connectivity index (χ2n) is 6.32. The van der Waals surface area contributed by atoms with Crippen LogP contribution in [0.4, 0.5) is 0 Å². The standard InChI is InChI=1S/C21H20ClNO4/c1-14-2-7-18-16(12-26-19(18)10-14)11-21(25)27-13-20(24)23-9-8-15-3-5-17(22)6-4-15/h2-7,10,12H,8-9,11,13H2,1H3,(H,23,24). The van der Waals surface area contributed by atoms with Gasteiger partial charge in [-0.3, -0.25) is 9.59 Å². The van der Waals surface area contributed by atoms with Crippen molar-refractivity contribution in [1.82, 2.24) is 5.32 Å². The van der Waals surface area contributed by atoms with E-state index in [-0.39, 0.29) is 18.9 Å². The maximum Gasteiger partial charge on any atom is 0.310 e. The fraction of sp³-hybridized carbons (Fsp3) is 0.238. The fourth-order valence-electron chi connectivity index (χ4n) is 2.73. The van der Waals surface area contributed by atoms with Crippen LogP contribution in [-0.4, -0.2) is 25.0 Å². The molecule has 6 heteroatoms. The number of carbonyl (C=O) groups excluding carboxylic acids is 2. The minimum Gasteiger partial charge on any atom is -0.464 e. The van der Waals surface area contributed by atoms with E-state index in [9.17, 15) is 9.59 Å². The van der Waals surface area contributed by atoms with E-state index >= 15 is 0 Å². The number of hydrogen-bond acceptors (Lipinski definition) is 4. The number of fused-ring (bicyclic) bond motifs is 1. The van der Waals surface area contributed by atoms with Crippen LogP contribution in [0.15, 0.2) is 53.1 Å². The Morgan fingerprint density at radius 2 is 1.93 bits per heavy atom. The topological polar surface area (TPSA) is 68.5 Å². The highest BCUT2D eigenvalue weighted by Crippen LogP contribution is 2.22. The van der Waals surface area contributed by atoms with Gasteiger partial charge in [-0.1, -0.05) is 35.9 Å². The molecule has 1 aromatic heterocycles. The number of carbonyl (C=O) groups is 2. The Morgan fingerprint density at radius 1 is 1.15 bits per heavy atom. The maximum absolute atomic E-state index is 12.0. The van der Waals surface area contributed by atoms with E-state index in [1.54, 1.807) is 18.4 Å². The number of aryl methyl sites for hydroxylation is 1. The smallest absolute Gasteiger partial charge is 0.310 e. The summed E-state index contributed by atoms with van der Waals surface area (Å²) in [5, 5.41) is 4.28. The first-order valence-corrected chi connectivity index (χ1v) is 9.02. The predicted molar refractivity (Wildman–Crippen MR) is 104 cm³/mol.